The third kappa shape index (κ3) is 7.52. The molecule has 3 aromatic rings. The minimum atomic E-state index is -3.86. The first-order valence-electron chi connectivity index (χ1n) is 13.3. The Morgan fingerprint density at radius 3 is 2.31 bits per heavy atom. The van der Waals surface area contributed by atoms with Gasteiger partial charge in [-0.3, -0.25) is 4.79 Å². The summed E-state index contributed by atoms with van der Waals surface area (Å²) in [6.45, 7) is 3.36. The van der Waals surface area contributed by atoms with Crippen molar-refractivity contribution in [1.29, 1.82) is 0 Å². The number of benzene rings is 3. The van der Waals surface area contributed by atoms with Crippen molar-refractivity contribution in [2.24, 2.45) is 0 Å². The van der Waals surface area contributed by atoms with E-state index in [0.717, 1.165) is 52.8 Å². The average Bonchev–Trinajstić information content (AvgIpc) is 3.44. The molecule has 208 valence electrons. The zero-order chi connectivity index (χ0) is 27.7. The van der Waals surface area contributed by atoms with E-state index in [1.165, 1.54) is 12.1 Å². The first-order valence-corrected chi connectivity index (χ1v) is 14.8. The molecule has 0 aliphatic carbocycles. The summed E-state index contributed by atoms with van der Waals surface area (Å²) in [5.41, 5.74) is 1.11. The van der Waals surface area contributed by atoms with Gasteiger partial charge >= 0.3 is 5.97 Å². The van der Waals surface area contributed by atoms with Gasteiger partial charge in [0.15, 0.2) is 0 Å². The molecule has 0 saturated carbocycles. The number of sulfonamides is 1. The van der Waals surface area contributed by atoms with Gasteiger partial charge in [0.25, 0.3) is 0 Å². The van der Waals surface area contributed by atoms with Gasteiger partial charge in [-0.1, -0.05) is 31.5 Å². The molecule has 0 radical (unpaired) electrons. The van der Waals surface area contributed by atoms with Crippen LogP contribution in [-0.2, 0) is 21.2 Å². The van der Waals surface area contributed by atoms with Gasteiger partial charge in [0.1, 0.15) is 29.0 Å². The Kier molecular flexibility index (Phi) is 9.84. The molecule has 1 fully saturated rings. The van der Waals surface area contributed by atoms with Gasteiger partial charge in [-0.05, 0) is 92.3 Å². The standard InChI is InChI=1S/C30H35NO7S/c1-2-9-23-22-26(38-25-10-4-3-5-11-25)15-18-29(23)37-21-7-6-20-36-24-13-16-27(17-14-24)39(34,35)31-19-8-12-28(31)30(32)33/h3-5,10-11,13-18,22,28H,2,6-9,12,19-21H2,1H3,(H,32,33)/t28-/m1/s1. The Morgan fingerprint density at radius 2 is 1.62 bits per heavy atom. The third-order valence-corrected chi connectivity index (χ3v) is 8.44. The Morgan fingerprint density at radius 1 is 0.923 bits per heavy atom. The first-order chi connectivity index (χ1) is 18.9. The fourth-order valence-electron chi connectivity index (χ4n) is 4.54. The van der Waals surface area contributed by atoms with Gasteiger partial charge in [-0.2, -0.15) is 4.31 Å². The summed E-state index contributed by atoms with van der Waals surface area (Å²) >= 11 is 0. The maximum atomic E-state index is 12.9. The third-order valence-electron chi connectivity index (χ3n) is 6.51. The molecular weight excluding hydrogens is 518 g/mol. The number of ether oxygens (including phenoxy) is 3. The monoisotopic (exact) mass is 553 g/mol. The second-order valence-corrected chi connectivity index (χ2v) is 11.3. The summed E-state index contributed by atoms with van der Waals surface area (Å²) < 4.78 is 44.6. The molecule has 1 atom stereocenters. The van der Waals surface area contributed by atoms with Crippen LogP contribution in [0.3, 0.4) is 0 Å². The molecule has 1 aliphatic rings. The smallest absolute Gasteiger partial charge is 0.322 e. The maximum Gasteiger partial charge on any atom is 0.322 e. The van der Waals surface area contributed by atoms with Crippen LogP contribution in [0.1, 0.15) is 44.6 Å². The number of carboxylic acid groups (broad SMARTS) is 1. The van der Waals surface area contributed by atoms with Crippen molar-refractivity contribution in [2.45, 2.75) is 56.4 Å². The van der Waals surface area contributed by atoms with Gasteiger partial charge in [0.2, 0.25) is 10.0 Å². The van der Waals surface area contributed by atoms with Crippen molar-refractivity contribution < 1.29 is 32.5 Å². The minimum Gasteiger partial charge on any atom is -0.494 e. The Bertz CT molecular complexity index is 1330. The van der Waals surface area contributed by atoms with Crippen molar-refractivity contribution in [1.82, 2.24) is 4.31 Å². The summed E-state index contributed by atoms with van der Waals surface area (Å²) in [6, 6.07) is 20.7. The molecule has 8 nitrogen and oxygen atoms in total. The molecule has 0 bridgehead atoms. The van der Waals surface area contributed by atoms with E-state index < -0.39 is 22.0 Å². The molecular formula is C30H35NO7S. The number of aryl methyl sites for hydroxylation is 1. The zero-order valence-corrected chi connectivity index (χ0v) is 22.9. The number of aliphatic carboxylic acids is 1. The largest absolute Gasteiger partial charge is 0.494 e. The molecule has 9 heteroatoms. The molecule has 1 saturated heterocycles. The molecule has 1 heterocycles. The molecule has 4 rings (SSSR count). The number of unbranched alkanes of at least 4 members (excludes halogenated alkanes) is 1. The molecule has 1 N–H and O–H groups in total. The lowest BCUT2D eigenvalue weighted by atomic mass is 10.1. The average molecular weight is 554 g/mol. The number of rotatable bonds is 14. The summed E-state index contributed by atoms with van der Waals surface area (Å²) in [5, 5.41) is 9.32. The van der Waals surface area contributed by atoms with E-state index >= 15 is 0 Å². The van der Waals surface area contributed by atoms with Crippen LogP contribution in [0.5, 0.6) is 23.0 Å². The number of carbonyl (C=O) groups is 1. The van der Waals surface area contributed by atoms with Crippen LogP contribution in [0.25, 0.3) is 0 Å². The van der Waals surface area contributed by atoms with E-state index in [2.05, 4.69) is 6.92 Å². The molecule has 0 spiro atoms. The van der Waals surface area contributed by atoms with Crippen LogP contribution in [0, 0.1) is 0 Å². The van der Waals surface area contributed by atoms with Crippen molar-refractivity contribution in [2.75, 3.05) is 19.8 Å². The van der Waals surface area contributed by atoms with Crippen molar-refractivity contribution in [3.8, 4) is 23.0 Å². The summed E-state index contributed by atoms with van der Waals surface area (Å²) in [6.07, 6.45) is 4.32. The Labute approximate surface area is 230 Å². The Hall–Kier alpha value is -3.56. The molecule has 39 heavy (non-hydrogen) atoms. The second kappa shape index (κ2) is 13.5. The molecule has 0 amide bonds. The lowest BCUT2D eigenvalue weighted by molar-refractivity contribution is -0.140. The predicted molar refractivity (Wildman–Crippen MR) is 148 cm³/mol. The first kappa shape index (κ1) is 28.4. The van der Waals surface area contributed by atoms with Crippen LogP contribution in [-0.4, -0.2) is 49.6 Å². The highest BCUT2D eigenvalue weighted by molar-refractivity contribution is 7.89. The fraction of sp³-hybridized carbons (Fsp3) is 0.367. The summed E-state index contributed by atoms with van der Waals surface area (Å²) in [5.74, 6) is 1.88. The van der Waals surface area contributed by atoms with Crippen molar-refractivity contribution in [3.63, 3.8) is 0 Å². The second-order valence-electron chi connectivity index (χ2n) is 9.42. The normalized spacial score (nSPS) is 15.7. The topological polar surface area (TPSA) is 102 Å². The lowest BCUT2D eigenvalue weighted by Crippen LogP contribution is -2.40. The number of para-hydroxylation sites is 1. The number of hydrogen-bond acceptors (Lipinski definition) is 6. The van der Waals surface area contributed by atoms with Crippen LogP contribution in [0.2, 0.25) is 0 Å². The van der Waals surface area contributed by atoms with Gasteiger partial charge < -0.3 is 19.3 Å². The number of carboxylic acids is 1. The Balaban J connectivity index is 1.22. The van der Waals surface area contributed by atoms with E-state index in [1.807, 2.05) is 48.5 Å². The molecule has 3 aromatic carbocycles. The van der Waals surface area contributed by atoms with Crippen LogP contribution < -0.4 is 14.2 Å². The van der Waals surface area contributed by atoms with E-state index in [0.29, 0.717) is 31.8 Å². The van der Waals surface area contributed by atoms with E-state index in [1.54, 1.807) is 12.1 Å². The fourth-order valence-corrected chi connectivity index (χ4v) is 6.19. The number of hydrogen-bond donors (Lipinski definition) is 1. The highest BCUT2D eigenvalue weighted by Crippen LogP contribution is 2.30. The predicted octanol–water partition coefficient (Wildman–Crippen LogP) is 5.91. The summed E-state index contributed by atoms with van der Waals surface area (Å²) in [4.78, 5) is 11.5. The molecule has 1 aliphatic heterocycles. The van der Waals surface area contributed by atoms with Gasteiger partial charge in [0, 0.05) is 6.54 Å². The van der Waals surface area contributed by atoms with E-state index in [-0.39, 0.29) is 11.4 Å². The van der Waals surface area contributed by atoms with E-state index in [4.69, 9.17) is 14.2 Å². The van der Waals surface area contributed by atoms with Crippen molar-refractivity contribution >= 4 is 16.0 Å². The van der Waals surface area contributed by atoms with E-state index in [9.17, 15) is 18.3 Å². The quantitative estimate of drug-likeness (QED) is 0.248. The highest BCUT2D eigenvalue weighted by atomic mass is 32.2. The van der Waals surface area contributed by atoms with Gasteiger partial charge in [-0.25, -0.2) is 8.42 Å². The van der Waals surface area contributed by atoms with Gasteiger partial charge in [-0.15, -0.1) is 0 Å². The maximum absolute atomic E-state index is 12.9. The molecule has 0 unspecified atom stereocenters. The lowest BCUT2D eigenvalue weighted by Gasteiger charge is -2.21. The minimum absolute atomic E-state index is 0.0690. The SMILES string of the molecule is CCCc1cc(Oc2ccccc2)ccc1OCCCCOc1ccc(S(=O)(=O)N2CCC[C@@H]2C(=O)O)cc1. The molecule has 0 aromatic heterocycles. The van der Waals surface area contributed by atoms with Crippen molar-refractivity contribution in [3.05, 3.63) is 78.4 Å². The zero-order valence-electron chi connectivity index (χ0n) is 22.1. The van der Waals surface area contributed by atoms with Gasteiger partial charge in [0.05, 0.1) is 18.1 Å². The van der Waals surface area contributed by atoms with Crippen LogP contribution in [0.15, 0.2) is 77.7 Å². The van der Waals surface area contributed by atoms with Crippen LogP contribution >= 0.6 is 0 Å². The number of nitrogens with zero attached hydrogens (tertiary/aromatic N) is 1. The summed E-state index contributed by atoms with van der Waals surface area (Å²) in [7, 11) is -3.86. The van der Waals surface area contributed by atoms with Crippen LogP contribution in [0.4, 0.5) is 0 Å². The highest BCUT2D eigenvalue weighted by Gasteiger charge is 2.39.